The van der Waals surface area contributed by atoms with E-state index in [1.807, 2.05) is 36.2 Å². The lowest BCUT2D eigenvalue weighted by Gasteiger charge is -2.41. The van der Waals surface area contributed by atoms with Crippen LogP contribution < -0.4 is 9.80 Å². The minimum atomic E-state index is -3.03. The van der Waals surface area contributed by atoms with E-state index < -0.39 is 9.84 Å². The van der Waals surface area contributed by atoms with Crippen LogP contribution >= 0.6 is 0 Å². The molecule has 0 radical (unpaired) electrons. The fourth-order valence-electron chi connectivity index (χ4n) is 4.94. The van der Waals surface area contributed by atoms with Crippen molar-refractivity contribution >= 4 is 33.0 Å². The van der Waals surface area contributed by atoms with Gasteiger partial charge in [-0.2, -0.15) is 5.10 Å². The highest BCUT2D eigenvalue weighted by Crippen LogP contribution is 2.42. The van der Waals surface area contributed by atoms with Crippen molar-refractivity contribution in [3.8, 4) is 11.1 Å². The third kappa shape index (κ3) is 3.83. The largest absolute Gasteiger partial charge is 0.308 e. The standard InChI is InChI=1S/C23H28N4O4S/c1-15-12-25(23(29)17-5-6-17)22-10-18(7-8-21(22)27(15)16(2)28)19-11-24-26(13-19)20-4-3-9-32(30,31)14-20/h7-8,10-11,13,15,17,20H,3-6,9,12,14H2,1-2H3. The first-order valence-electron chi connectivity index (χ1n) is 11.2. The SMILES string of the molecule is CC(=O)N1c2ccc(-c3cnn(C4CCCS(=O)(=O)C4)c3)cc2N(C(=O)C2CC2)CC1C. The van der Waals surface area contributed by atoms with Crippen molar-refractivity contribution in [1.82, 2.24) is 9.78 Å². The van der Waals surface area contributed by atoms with Crippen molar-refractivity contribution in [2.45, 2.75) is 51.6 Å². The van der Waals surface area contributed by atoms with E-state index in [-0.39, 0.29) is 41.3 Å². The lowest BCUT2D eigenvalue weighted by Crippen LogP contribution is -2.51. The Morgan fingerprint density at radius 3 is 2.56 bits per heavy atom. The van der Waals surface area contributed by atoms with E-state index >= 15 is 0 Å². The van der Waals surface area contributed by atoms with Gasteiger partial charge >= 0.3 is 0 Å². The van der Waals surface area contributed by atoms with Gasteiger partial charge in [0, 0.05) is 31.1 Å². The van der Waals surface area contributed by atoms with E-state index in [9.17, 15) is 18.0 Å². The van der Waals surface area contributed by atoms with E-state index in [0.717, 1.165) is 41.8 Å². The van der Waals surface area contributed by atoms with Gasteiger partial charge in [-0.1, -0.05) is 6.07 Å². The van der Waals surface area contributed by atoms with Crippen LogP contribution in [0.25, 0.3) is 11.1 Å². The van der Waals surface area contributed by atoms with Crippen molar-refractivity contribution in [3.63, 3.8) is 0 Å². The summed E-state index contributed by atoms with van der Waals surface area (Å²) in [6, 6.07) is 5.55. The Labute approximate surface area is 188 Å². The molecule has 1 saturated heterocycles. The number of amides is 2. The van der Waals surface area contributed by atoms with E-state index in [0.29, 0.717) is 13.0 Å². The summed E-state index contributed by atoms with van der Waals surface area (Å²) in [7, 11) is -3.03. The van der Waals surface area contributed by atoms with Gasteiger partial charge < -0.3 is 9.80 Å². The van der Waals surface area contributed by atoms with Crippen molar-refractivity contribution in [1.29, 1.82) is 0 Å². The number of rotatable bonds is 3. The van der Waals surface area contributed by atoms with Crippen LogP contribution in [0.5, 0.6) is 0 Å². The summed E-state index contributed by atoms with van der Waals surface area (Å²) in [5.74, 6) is 0.530. The first kappa shape index (κ1) is 21.2. The zero-order chi connectivity index (χ0) is 22.6. The number of sulfone groups is 1. The van der Waals surface area contributed by atoms with E-state index in [4.69, 9.17) is 0 Å². The maximum absolute atomic E-state index is 13.0. The van der Waals surface area contributed by atoms with Crippen LogP contribution in [0.1, 0.15) is 45.6 Å². The highest BCUT2D eigenvalue weighted by Gasteiger charge is 2.39. The van der Waals surface area contributed by atoms with Gasteiger partial charge in [-0.15, -0.1) is 0 Å². The van der Waals surface area contributed by atoms with Crippen LogP contribution in [0.3, 0.4) is 0 Å². The summed E-state index contributed by atoms with van der Waals surface area (Å²) in [6.07, 6.45) is 6.91. The molecule has 1 aromatic carbocycles. The van der Waals surface area contributed by atoms with Crippen LogP contribution in [-0.4, -0.2) is 54.1 Å². The van der Waals surface area contributed by atoms with Crippen molar-refractivity contribution in [2.24, 2.45) is 5.92 Å². The molecule has 5 rings (SSSR count). The van der Waals surface area contributed by atoms with Crippen LogP contribution in [-0.2, 0) is 19.4 Å². The first-order chi connectivity index (χ1) is 15.2. The summed E-state index contributed by atoms with van der Waals surface area (Å²) < 4.78 is 25.8. The second kappa shape index (κ2) is 7.72. The second-order valence-corrected chi connectivity index (χ2v) is 11.5. The lowest BCUT2D eigenvalue weighted by molar-refractivity contribution is -0.120. The lowest BCUT2D eigenvalue weighted by atomic mass is 10.0. The molecule has 3 heterocycles. The average Bonchev–Trinajstić information content (AvgIpc) is 3.47. The maximum atomic E-state index is 13.0. The number of carbonyl (C=O) groups excluding carboxylic acids is 2. The molecular weight excluding hydrogens is 428 g/mol. The number of anilines is 2. The molecule has 9 heteroatoms. The van der Waals surface area contributed by atoms with Crippen LogP contribution in [0.4, 0.5) is 11.4 Å². The third-order valence-corrected chi connectivity index (χ3v) is 8.50. The molecule has 1 aliphatic carbocycles. The second-order valence-electron chi connectivity index (χ2n) is 9.28. The highest BCUT2D eigenvalue weighted by atomic mass is 32.2. The van der Waals surface area contributed by atoms with E-state index in [2.05, 4.69) is 5.10 Å². The number of fused-ring (bicyclic) bond motifs is 1. The number of nitrogens with zero attached hydrogens (tertiary/aromatic N) is 4. The molecule has 1 aromatic heterocycles. The Morgan fingerprint density at radius 2 is 1.88 bits per heavy atom. The number of hydrogen-bond donors (Lipinski definition) is 0. The predicted octanol–water partition coefficient (Wildman–Crippen LogP) is 2.80. The topological polar surface area (TPSA) is 92.6 Å². The molecule has 170 valence electrons. The fourth-order valence-corrected chi connectivity index (χ4v) is 6.62. The smallest absolute Gasteiger partial charge is 0.230 e. The fraction of sp³-hybridized carbons (Fsp3) is 0.522. The molecule has 0 bridgehead atoms. The Bertz CT molecular complexity index is 1180. The molecule has 2 aromatic rings. The first-order valence-corrected chi connectivity index (χ1v) is 13.1. The zero-order valence-electron chi connectivity index (χ0n) is 18.4. The Morgan fingerprint density at radius 1 is 1.09 bits per heavy atom. The van der Waals surface area contributed by atoms with Crippen LogP contribution in [0.15, 0.2) is 30.6 Å². The molecule has 0 spiro atoms. The third-order valence-electron chi connectivity index (χ3n) is 6.69. The minimum absolute atomic E-state index is 0.0450. The number of hydrogen-bond acceptors (Lipinski definition) is 5. The summed E-state index contributed by atoms with van der Waals surface area (Å²) in [6.45, 7) is 3.99. The van der Waals surface area contributed by atoms with Gasteiger partial charge in [0.2, 0.25) is 11.8 Å². The molecule has 2 aliphatic heterocycles. The summed E-state index contributed by atoms with van der Waals surface area (Å²) in [5, 5.41) is 4.45. The summed E-state index contributed by atoms with van der Waals surface area (Å²) >= 11 is 0. The molecule has 2 unspecified atom stereocenters. The number of benzene rings is 1. The Balaban J connectivity index is 1.50. The van der Waals surface area contributed by atoms with Crippen LogP contribution in [0.2, 0.25) is 0 Å². The van der Waals surface area contributed by atoms with Gasteiger partial charge in [-0.05, 0) is 50.3 Å². The van der Waals surface area contributed by atoms with E-state index in [1.54, 1.807) is 22.7 Å². The van der Waals surface area contributed by atoms with Gasteiger partial charge in [-0.25, -0.2) is 8.42 Å². The Hall–Kier alpha value is -2.68. The van der Waals surface area contributed by atoms with Crippen molar-refractivity contribution in [2.75, 3.05) is 27.9 Å². The van der Waals surface area contributed by atoms with Gasteiger partial charge in [-0.3, -0.25) is 14.3 Å². The Kier molecular flexibility index (Phi) is 5.11. The monoisotopic (exact) mass is 456 g/mol. The average molecular weight is 457 g/mol. The molecule has 2 amide bonds. The molecule has 2 fully saturated rings. The number of carbonyl (C=O) groups is 2. The molecule has 0 N–H and O–H groups in total. The maximum Gasteiger partial charge on any atom is 0.230 e. The van der Waals surface area contributed by atoms with Crippen LogP contribution in [0, 0.1) is 5.92 Å². The molecule has 32 heavy (non-hydrogen) atoms. The normalized spacial score (nSPS) is 24.8. The molecular formula is C23H28N4O4S. The van der Waals surface area contributed by atoms with Gasteiger partial charge in [0.15, 0.2) is 9.84 Å². The quantitative estimate of drug-likeness (QED) is 0.708. The molecule has 2 atom stereocenters. The van der Waals surface area contributed by atoms with Crippen molar-refractivity contribution < 1.29 is 18.0 Å². The van der Waals surface area contributed by atoms with Gasteiger partial charge in [0.1, 0.15) is 0 Å². The van der Waals surface area contributed by atoms with Crippen molar-refractivity contribution in [3.05, 3.63) is 30.6 Å². The minimum Gasteiger partial charge on any atom is -0.308 e. The molecule has 1 saturated carbocycles. The molecule has 3 aliphatic rings. The number of aromatic nitrogens is 2. The summed E-state index contributed by atoms with van der Waals surface area (Å²) in [4.78, 5) is 28.9. The predicted molar refractivity (Wildman–Crippen MR) is 122 cm³/mol. The van der Waals surface area contributed by atoms with Gasteiger partial charge in [0.05, 0.1) is 41.2 Å². The zero-order valence-corrected chi connectivity index (χ0v) is 19.2. The summed E-state index contributed by atoms with van der Waals surface area (Å²) in [5.41, 5.74) is 3.25. The van der Waals surface area contributed by atoms with E-state index in [1.165, 1.54) is 0 Å². The van der Waals surface area contributed by atoms with Gasteiger partial charge in [0.25, 0.3) is 0 Å². The molecule has 8 nitrogen and oxygen atoms in total. The highest BCUT2D eigenvalue weighted by molar-refractivity contribution is 7.91.